The summed E-state index contributed by atoms with van der Waals surface area (Å²) in [7, 11) is 0. The maximum Gasteiger partial charge on any atom is 0.160 e. The normalized spacial score (nSPS) is 13.3. The Balaban J connectivity index is 2.51. The first kappa shape index (κ1) is 9.15. The summed E-state index contributed by atoms with van der Waals surface area (Å²) in [5.74, 6) is 1.26. The van der Waals surface area contributed by atoms with Crippen molar-refractivity contribution in [2.24, 2.45) is 5.73 Å². The van der Waals surface area contributed by atoms with E-state index in [9.17, 15) is 0 Å². The monoisotopic (exact) mass is 190 g/mol. The highest BCUT2D eigenvalue weighted by Crippen LogP contribution is 2.16. The van der Waals surface area contributed by atoms with Crippen molar-refractivity contribution in [2.45, 2.75) is 19.3 Å². The van der Waals surface area contributed by atoms with E-state index in [1.165, 1.54) is 0 Å². The molecular weight excluding hydrogens is 176 g/mol. The van der Waals surface area contributed by atoms with Gasteiger partial charge in [0.1, 0.15) is 5.82 Å². The second-order valence-corrected chi connectivity index (χ2v) is 3.33. The molecule has 0 fully saturated rings. The van der Waals surface area contributed by atoms with E-state index in [2.05, 4.69) is 17.1 Å². The zero-order valence-corrected chi connectivity index (χ0v) is 8.22. The minimum Gasteiger partial charge on any atom is -0.330 e. The summed E-state index contributed by atoms with van der Waals surface area (Å²) >= 11 is 0. The summed E-state index contributed by atoms with van der Waals surface area (Å²) in [6.07, 6.45) is 2.97. The fourth-order valence-electron chi connectivity index (χ4n) is 1.59. The molecule has 0 saturated heterocycles. The summed E-state index contributed by atoms with van der Waals surface area (Å²) in [5, 5.41) is 8.26. The Labute approximate surface area is 82.8 Å². The van der Waals surface area contributed by atoms with Crippen LogP contribution in [-0.2, 0) is 0 Å². The molecule has 2 aromatic rings. The molecule has 0 aliphatic carbocycles. The zero-order chi connectivity index (χ0) is 9.97. The van der Waals surface area contributed by atoms with Crippen LogP contribution in [0.5, 0.6) is 0 Å². The molecule has 2 N–H and O–H groups in total. The van der Waals surface area contributed by atoms with Gasteiger partial charge in [-0.15, -0.1) is 10.2 Å². The molecule has 0 aliphatic heterocycles. The van der Waals surface area contributed by atoms with Gasteiger partial charge in [-0.25, -0.2) is 0 Å². The van der Waals surface area contributed by atoms with Gasteiger partial charge in [-0.1, -0.05) is 13.0 Å². The molecule has 74 valence electrons. The molecule has 0 radical (unpaired) electrons. The number of rotatable bonds is 3. The maximum absolute atomic E-state index is 5.68. The second kappa shape index (κ2) is 3.75. The fourth-order valence-corrected chi connectivity index (χ4v) is 1.59. The predicted octanol–water partition coefficient (Wildman–Crippen LogP) is 1.18. The van der Waals surface area contributed by atoms with Crippen molar-refractivity contribution in [3.63, 3.8) is 0 Å². The highest BCUT2D eigenvalue weighted by Gasteiger charge is 2.13. The predicted molar refractivity (Wildman–Crippen MR) is 55.1 cm³/mol. The van der Waals surface area contributed by atoms with E-state index in [1.807, 2.05) is 28.8 Å². The minimum absolute atomic E-state index is 0.299. The molecule has 0 aromatic carbocycles. The number of fused-ring (bicyclic) bond motifs is 1. The lowest BCUT2D eigenvalue weighted by Gasteiger charge is -2.09. The first-order valence-corrected chi connectivity index (χ1v) is 4.86. The van der Waals surface area contributed by atoms with Gasteiger partial charge in [-0.3, -0.25) is 4.40 Å². The molecule has 1 atom stereocenters. The van der Waals surface area contributed by atoms with E-state index in [0.29, 0.717) is 12.5 Å². The molecule has 0 aliphatic rings. The lowest BCUT2D eigenvalue weighted by molar-refractivity contribution is 0.623. The van der Waals surface area contributed by atoms with Crippen LogP contribution in [0.4, 0.5) is 0 Å². The highest BCUT2D eigenvalue weighted by atomic mass is 15.2. The zero-order valence-electron chi connectivity index (χ0n) is 8.22. The Morgan fingerprint density at radius 2 is 2.29 bits per heavy atom. The van der Waals surface area contributed by atoms with E-state index >= 15 is 0 Å². The largest absolute Gasteiger partial charge is 0.330 e. The number of pyridine rings is 1. The van der Waals surface area contributed by atoms with Gasteiger partial charge in [0.15, 0.2) is 5.65 Å². The molecule has 0 spiro atoms. The molecule has 1 unspecified atom stereocenters. The number of hydrogen-bond acceptors (Lipinski definition) is 3. The summed E-state index contributed by atoms with van der Waals surface area (Å²) < 4.78 is 2.00. The van der Waals surface area contributed by atoms with Crippen LogP contribution in [0.1, 0.15) is 25.1 Å². The van der Waals surface area contributed by atoms with E-state index in [1.54, 1.807) is 0 Å². The molecule has 2 aromatic heterocycles. The Kier molecular flexibility index (Phi) is 2.45. The van der Waals surface area contributed by atoms with Crippen LogP contribution in [0.25, 0.3) is 5.65 Å². The van der Waals surface area contributed by atoms with Crippen LogP contribution in [0, 0.1) is 0 Å². The van der Waals surface area contributed by atoms with Crippen molar-refractivity contribution < 1.29 is 0 Å². The first-order valence-electron chi connectivity index (χ1n) is 4.86. The Morgan fingerprint density at radius 3 is 3.00 bits per heavy atom. The van der Waals surface area contributed by atoms with Crippen LogP contribution in [-0.4, -0.2) is 21.1 Å². The number of nitrogens with zero attached hydrogens (tertiary/aromatic N) is 3. The Morgan fingerprint density at radius 1 is 1.43 bits per heavy atom. The summed E-state index contributed by atoms with van der Waals surface area (Å²) in [4.78, 5) is 0. The standard InChI is InChI=1S/C10H14N4/c1-2-8(7-11)10-13-12-9-5-3-4-6-14(9)10/h3-6,8H,2,7,11H2,1H3. The van der Waals surface area contributed by atoms with Crippen LogP contribution in [0.3, 0.4) is 0 Å². The summed E-state index contributed by atoms with van der Waals surface area (Å²) in [6, 6.07) is 5.88. The molecule has 4 nitrogen and oxygen atoms in total. The van der Waals surface area contributed by atoms with Crippen molar-refractivity contribution in [2.75, 3.05) is 6.54 Å². The van der Waals surface area contributed by atoms with Crippen molar-refractivity contribution in [3.8, 4) is 0 Å². The minimum atomic E-state index is 0.299. The van der Waals surface area contributed by atoms with Crippen LogP contribution in [0.15, 0.2) is 24.4 Å². The van der Waals surface area contributed by atoms with Crippen LogP contribution < -0.4 is 5.73 Å². The van der Waals surface area contributed by atoms with Gasteiger partial charge in [0, 0.05) is 18.7 Å². The Hall–Kier alpha value is -1.42. The van der Waals surface area contributed by atoms with Gasteiger partial charge in [0.2, 0.25) is 0 Å². The van der Waals surface area contributed by atoms with Crippen molar-refractivity contribution in [1.29, 1.82) is 0 Å². The average Bonchev–Trinajstić information content (AvgIpc) is 2.65. The average molecular weight is 190 g/mol. The molecule has 2 heterocycles. The van der Waals surface area contributed by atoms with Gasteiger partial charge in [0.25, 0.3) is 0 Å². The maximum atomic E-state index is 5.68. The van der Waals surface area contributed by atoms with Gasteiger partial charge in [-0.05, 0) is 18.6 Å². The lowest BCUT2D eigenvalue weighted by atomic mass is 10.1. The van der Waals surface area contributed by atoms with Crippen molar-refractivity contribution in [3.05, 3.63) is 30.2 Å². The number of nitrogens with two attached hydrogens (primary N) is 1. The first-order chi connectivity index (χ1) is 6.86. The summed E-state index contributed by atoms with van der Waals surface area (Å²) in [5.41, 5.74) is 6.57. The SMILES string of the molecule is CCC(CN)c1nnc2ccccn12. The van der Waals surface area contributed by atoms with E-state index in [-0.39, 0.29) is 0 Å². The molecule has 14 heavy (non-hydrogen) atoms. The fraction of sp³-hybridized carbons (Fsp3) is 0.400. The van der Waals surface area contributed by atoms with Gasteiger partial charge >= 0.3 is 0 Å². The topological polar surface area (TPSA) is 56.2 Å². The lowest BCUT2D eigenvalue weighted by Crippen LogP contribution is -2.14. The van der Waals surface area contributed by atoms with E-state index in [0.717, 1.165) is 17.9 Å². The van der Waals surface area contributed by atoms with Crippen LogP contribution >= 0.6 is 0 Å². The van der Waals surface area contributed by atoms with Crippen molar-refractivity contribution >= 4 is 5.65 Å². The summed E-state index contributed by atoms with van der Waals surface area (Å²) in [6.45, 7) is 2.73. The molecule has 0 bridgehead atoms. The highest BCUT2D eigenvalue weighted by molar-refractivity contribution is 5.37. The molecular formula is C10H14N4. The third-order valence-electron chi connectivity index (χ3n) is 2.48. The smallest absolute Gasteiger partial charge is 0.160 e. The van der Waals surface area contributed by atoms with Crippen molar-refractivity contribution in [1.82, 2.24) is 14.6 Å². The number of hydrogen-bond donors (Lipinski definition) is 1. The Bertz CT molecular complexity index is 417. The second-order valence-electron chi connectivity index (χ2n) is 3.33. The molecule has 0 amide bonds. The number of aromatic nitrogens is 3. The molecule has 2 rings (SSSR count). The molecule has 0 saturated carbocycles. The van der Waals surface area contributed by atoms with Gasteiger partial charge in [-0.2, -0.15) is 0 Å². The third-order valence-corrected chi connectivity index (χ3v) is 2.48. The van der Waals surface area contributed by atoms with Crippen LogP contribution in [0.2, 0.25) is 0 Å². The van der Waals surface area contributed by atoms with Gasteiger partial charge < -0.3 is 5.73 Å². The third kappa shape index (κ3) is 1.37. The van der Waals surface area contributed by atoms with Gasteiger partial charge in [0.05, 0.1) is 0 Å². The quantitative estimate of drug-likeness (QED) is 0.790. The van der Waals surface area contributed by atoms with E-state index in [4.69, 9.17) is 5.73 Å². The van der Waals surface area contributed by atoms with E-state index < -0.39 is 0 Å². The molecule has 4 heteroatoms.